The van der Waals surface area contributed by atoms with E-state index in [0.29, 0.717) is 12.0 Å². The van der Waals surface area contributed by atoms with Crippen molar-refractivity contribution in [3.63, 3.8) is 0 Å². The highest BCUT2D eigenvalue weighted by molar-refractivity contribution is 7.92. The molecule has 0 aliphatic rings. The van der Waals surface area contributed by atoms with E-state index in [0.717, 1.165) is 0 Å². The number of rotatable bonds is 4. The Morgan fingerprint density at radius 1 is 1.44 bits per heavy atom. The van der Waals surface area contributed by atoms with Gasteiger partial charge >= 0.3 is 5.69 Å². The number of nitrogen functional groups attached to an aromatic ring is 1. The highest BCUT2D eigenvalue weighted by atomic mass is 32.2. The molecule has 0 heterocycles. The molecule has 0 fully saturated rings. The summed E-state index contributed by atoms with van der Waals surface area (Å²) in [5, 5.41) is 10.3. The number of nitro benzene ring substituents is 1. The van der Waals surface area contributed by atoms with Crippen LogP contribution in [0.25, 0.3) is 0 Å². The minimum atomic E-state index is -3.73. The maximum absolute atomic E-state index is 12.2. The molecule has 0 radical (unpaired) electrons. The molecule has 0 amide bonds. The van der Waals surface area contributed by atoms with Crippen LogP contribution in [0.2, 0.25) is 0 Å². The molecule has 1 aromatic carbocycles. The van der Waals surface area contributed by atoms with Gasteiger partial charge in [-0.2, -0.15) is 0 Å². The van der Waals surface area contributed by atoms with Crippen LogP contribution in [0.4, 0.5) is 11.4 Å². The maximum atomic E-state index is 12.2. The SMILES string of the molecule is CCC(C)S(=O)(=O)c1ccc(C)c(N)c1[N+](=O)[O-]. The predicted molar refractivity (Wildman–Crippen MR) is 69.2 cm³/mol. The van der Waals surface area contributed by atoms with Crippen LogP contribution in [0.1, 0.15) is 25.8 Å². The summed E-state index contributed by atoms with van der Waals surface area (Å²) in [4.78, 5) is 9.97. The summed E-state index contributed by atoms with van der Waals surface area (Å²) in [5.74, 6) is 0. The minimum absolute atomic E-state index is 0.0932. The Balaban J connectivity index is 3.62. The van der Waals surface area contributed by atoms with Crippen molar-refractivity contribution in [2.24, 2.45) is 0 Å². The van der Waals surface area contributed by atoms with Gasteiger partial charge in [0.1, 0.15) is 10.6 Å². The molecular formula is C11H16N2O4S. The third-order valence-electron chi connectivity index (χ3n) is 2.99. The zero-order valence-electron chi connectivity index (χ0n) is 10.5. The van der Waals surface area contributed by atoms with Crippen LogP contribution in [0.3, 0.4) is 0 Å². The second kappa shape index (κ2) is 4.93. The smallest absolute Gasteiger partial charge is 0.310 e. The molecule has 2 N–H and O–H groups in total. The minimum Gasteiger partial charge on any atom is -0.393 e. The Kier molecular flexibility index (Phi) is 3.95. The molecule has 1 aromatic rings. The van der Waals surface area contributed by atoms with E-state index in [4.69, 9.17) is 5.73 Å². The highest BCUT2D eigenvalue weighted by Crippen LogP contribution is 2.34. The summed E-state index contributed by atoms with van der Waals surface area (Å²) >= 11 is 0. The summed E-state index contributed by atoms with van der Waals surface area (Å²) < 4.78 is 24.4. The second-order valence-corrected chi connectivity index (χ2v) is 6.50. The van der Waals surface area contributed by atoms with Gasteiger partial charge in [0, 0.05) is 0 Å². The van der Waals surface area contributed by atoms with Crippen LogP contribution in [0, 0.1) is 17.0 Å². The van der Waals surface area contributed by atoms with Crippen LogP contribution in [0.5, 0.6) is 0 Å². The molecular weight excluding hydrogens is 256 g/mol. The summed E-state index contributed by atoms with van der Waals surface area (Å²) in [6, 6.07) is 2.74. The number of anilines is 1. The van der Waals surface area contributed by atoms with Crippen molar-refractivity contribution in [1.29, 1.82) is 0 Å². The lowest BCUT2D eigenvalue weighted by atomic mass is 10.2. The van der Waals surface area contributed by atoms with Crippen molar-refractivity contribution in [3.8, 4) is 0 Å². The predicted octanol–water partition coefficient (Wildman–Crippen LogP) is 2.06. The fourth-order valence-corrected chi connectivity index (χ4v) is 3.13. The largest absolute Gasteiger partial charge is 0.393 e. The molecule has 0 aromatic heterocycles. The van der Waals surface area contributed by atoms with Gasteiger partial charge in [-0.1, -0.05) is 13.0 Å². The number of benzene rings is 1. The Bertz CT molecular complexity index is 581. The van der Waals surface area contributed by atoms with Crippen molar-refractivity contribution < 1.29 is 13.3 Å². The fourth-order valence-electron chi connectivity index (χ4n) is 1.54. The molecule has 6 nitrogen and oxygen atoms in total. The summed E-state index contributed by atoms with van der Waals surface area (Å²) in [6.07, 6.45) is 0.382. The Hall–Kier alpha value is -1.63. The number of aryl methyl sites for hydroxylation is 1. The van der Waals surface area contributed by atoms with E-state index in [-0.39, 0.29) is 10.6 Å². The number of hydrogen-bond acceptors (Lipinski definition) is 5. The van der Waals surface area contributed by atoms with Gasteiger partial charge in [-0.05, 0) is 31.9 Å². The number of nitrogens with two attached hydrogens (primary N) is 1. The average Bonchev–Trinajstić information content (AvgIpc) is 2.30. The molecule has 1 atom stereocenters. The van der Waals surface area contributed by atoms with Gasteiger partial charge < -0.3 is 5.73 Å². The summed E-state index contributed by atoms with van der Waals surface area (Å²) in [7, 11) is -3.73. The average molecular weight is 272 g/mol. The van der Waals surface area contributed by atoms with Gasteiger partial charge in [-0.3, -0.25) is 10.1 Å². The van der Waals surface area contributed by atoms with Crippen LogP contribution < -0.4 is 5.73 Å². The molecule has 1 unspecified atom stereocenters. The molecule has 0 saturated carbocycles. The second-order valence-electron chi connectivity index (χ2n) is 4.16. The lowest BCUT2D eigenvalue weighted by molar-refractivity contribution is -0.386. The molecule has 18 heavy (non-hydrogen) atoms. The van der Waals surface area contributed by atoms with Crippen LogP contribution in [0.15, 0.2) is 17.0 Å². The third-order valence-corrected chi connectivity index (χ3v) is 5.33. The Morgan fingerprint density at radius 2 is 2.00 bits per heavy atom. The van der Waals surface area contributed by atoms with Gasteiger partial charge in [0.25, 0.3) is 0 Å². The number of hydrogen-bond donors (Lipinski definition) is 1. The van der Waals surface area contributed by atoms with Crippen molar-refractivity contribution in [2.75, 3.05) is 5.73 Å². The van der Waals surface area contributed by atoms with E-state index in [1.807, 2.05) is 0 Å². The maximum Gasteiger partial charge on any atom is 0.310 e. The molecule has 0 spiro atoms. The number of sulfone groups is 1. The van der Waals surface area contributed by atoms with E-state index in [1.165, 1.54) is 19.1 Å². The molecule has 0 aliphatic carbocycles. The van der Waals surface area contributed by atoms with Crippen molar-refractivity contribution in [2.45, 2.75) is 37.3 Å². The topological polar surface area (TPSA) is 103 Å². The standard InChI is InChI=1S/C11H16N2O4S/c1-4-8(3)18(16,17)9-6-5-7(2)10(12)11(9)13(14)15/h5-6,8H,4,12H2,1-3H3. The lowest BCUT2D eigenvalue weighted by Gasteiger charge is -2.12. The number of nitrogens with zero attached hydrogens (tertiary/aromatic N) is 1. The first-order valence-corrected chi connectivity index (χ1v) is 7.05. The zero-order chi connectivity index (χ0) is 14.1. The van der Waals surface area contributed by atoms with Gasteiger partial charge in [0.2, 0.25) is 0 Å². The first-order chi connectivity index (χ1) is 8.23. The summed E-state index contributed by atoms with van der Waals surface area (Å²) in [6.45, 7) is 4.84. The third kappa shape index (κ3) is 2.31. The lowest BCUT2D eigenvalue weighted by Crippen LogP contribution is -2.19. The molecule has 0 saturated heterocycles. The number of nitro groups is 1. The van der Waals surface area contributed by atoms with Crippen molar-refractivity contribution >= 4 is 21.2 Å². The molecule has 0 aliphatic heterocycles. The Morgan fingerprint density at radius 3 is 2.44 bits per heavy atom. The van der Waals surface area contributed by atoms with Gasteiger partial charge in [-0.25, -0.2) is 8.42 Å². The van der Waals surface area contributed by atoms with E-state index >= 15 is 0 Å². The zero-order valence-corrected chi connectivity index (χ0v) is 11.3. The summed E-state index contributed by atoms with van der Waals surface area (Å²) in [5.41, 5.74) is 5.50. The molecule has 7 heteroatoms. The van der Waals surface area contributed by atoms with Gasteiger partial charge in [0.15, 0.2) is 9.84 Å². The normalized spacial score (nSPS) is 13.3. The van der Waals surface area contributed by atoms with E-state index in [9.17, 15) is 18.5 Å². The molecule has 0 bridgehead atoms. The fraction of sp³-hybridized carbons (Fsp3) is 0.455. The molecule has 1 rings (SSSR count). The van der Waals surface area contributed by atoms with E-state index < -0.39 is 25.7 Å². The van der Waals surface area contributed by atoms with Crippen molar-refractivity contribution in [1.82, 2.24) is 0 Å². The van der Waals surface area contributed by atoms with Crippen LogP contribution in [-0.4, -0.2) is 18.6 Å². The van der Waals surface area contributed by atoms with Gasteiger partial charge in [0.05, 0.1) is 10.2 Å². The first kappa shape index (κ1) is 14.4. The van der Waals surface area contributed by atoms with E-state index in [2.05, 4.69) is 0 Å². The monoisotopic (exact) mass is 272 g/mol. The molecule has 100 valence electrons. The van der Waals surface area contributed by atoms with Crippen molar-refractivity contribution in [3.05, 3.63) is 27.8 Å². The van der Waals surface area contributed by atoms with E-state index in [1.54, 1.807) is 13.8 Å². The quantitative estimate of drug-likeness (QED) is 0.513. The first-order valence-electron chi connectivity index (χ1n) is 5.50. The Labute approximate surface area is 106 Å². The van der Waals surface area contributed by atoms with Gasteiger partial charge in [-0.15, -0.1) is 0 Å². The van der Waals surface area contributed by atoms with Crippen LogP contribution in [-0.2, 0) is 9.84 Å². The van der Waals surface area contributed by atoms with Crippen LogP contribution >= 0.6 is 0 Å². The highest BCUT2D eigenvalue weighted by Gasteiger charge is 2.32.